The standard InChI is InChI=1S/C88H163O25P/c1-6-10-14-18-22-25-28-31-34-37-40-47-53-59-71(90)104-64-68(107-73(92)61-55-49-42-39-36-33-30-27-24-20-16-12-8-3)65-106-114(102,103)113-86-84(111-87-81(100)77(96)75(94)69(63-89)108-87)80(99)79(98)83(110-74(93)62-56-50-44-43-46-52-58-67(5)57-51-45-21-17-13-9-4)85(86)112-88-82(101)78(97)76(95)70(109-88)66-105-72(91)60-54-48-41-38-35-32-29-26-23-19-15-11-7-2/h32,35,67-70,75-89,94-101H,6-31,33-34,36-66H2,1-5H3,(H,102,103)/b35-32-. The molecule has 0 aromatic rings. The zero-order valence-electron chi connectivity index (χ0n) is 71.3. The third kappa shape index (κ3) is 47.4. The minimum atomic E-state index is -5.80. The first-order chi connectivity index (χ1) is 55.1. The van der Waals surface area contributed by atoms with E-state index in [1.165, 1.54) is 167 Å². The molecular weight excluding hydrogens is 1490 g/mol. The van der Waals surface area contributed by atoms with Crippen LogP contribution in [0.3, 0.4) is 0 Å². The number of hydrogen-bond acceptors (Lipinski definition) is 24. The highest BCUT2D eigenvalue weighted by Crippen LogP contribution is 2.49. The molecule has 2 aliphatic heterocycles. The predicted molar refractivity (Wildman–Crippen MR) is 439 cm³/mol. The van der Waals surface area contributed by atoms with Crippen LogP contribution in [0.25, 0.3) is 0 Å². The number of aliphatic hydroxyl groups excluding tert-OH is 9. The van der Waals surface area contributed by atoms with Gasteiger partial charge in [0, 0.05) is 25.7 Å². The summed E-state index contributed by atoms with van der Waals surface area (Å²) in [6, 6.07) is 0. The van der Waals surface area contributed by atoms with Gasteiger partial charge in [-0.25, -0.2) is 4.57 Å². The second-order valence-corrected chi connectivity index (χ2v) is 34.5. The molecule has 25 nitrogen and oxygen atoms in total. The Hall–Kier alpha value is -2.79. The van der Waals surface area contributed by atoms with Gasteiger partial charge in [-0.05, 0) is 57.3 Å². The molecule has 2 heterocycles. The lowest BCUT2D eigenvalue weighted by atomic mass is 9.84. The van der Waals surface area contributed by atoms with Crippen LogP contribution in [0.15, 0.2) is 12.2 Å². The molecule has 19 atom stereocenters. The third-order valence-corrected chi connectivity index (χ3v) is 23.7. The first kappa shape index (κ1) is 105. The number of phosphoric ester groups is 1. The summed E-state index contributed by atoms with van der Waals surface area (Å²) in [5.41, 5.74) is 0. The van der Waals surface area contributed by atoms with Gasteiger partial charge in [0.05, 0.1) is 13.2 Å². The minimum Gasteiger partial charge on any atom is -0.463 e. The molecule has 10 N–H and O–H groups in total. The summed E-state index contributed by atoms with van der Waals surface area (Å²) in [4.78, 5) is 66.4. The van der Waals surface area contributed by atoms with E-state index < -0.39 is 162 Å². The number of carbonyl (C=O) groups is 4. The zero-order valence-corrected chi connectivity index (χ0v) is 72.2. The lowest BCUT2D eigenvalue weighted by Crippen LogP contribution is -2.70. The SMILES string of the molecule is CCCCCCCC/C=C\CCCCCC(=O)OCC1OC(OC2C(OC(=O)CCCCCCCCC(C)CCCCCCCC)C(O)C(O)C(OC3OC(CO)C(O)C(O)C3O)C2OP(=O)(O)OCC(COC(=O)CCCCCCCCCCCCCCC)OC(=O)CCCCCCCCCCCCCCC)C(O)C(O)C1O. The van der Waals surface area contributed by atoms with Gasteiger partial charge in [-0.1, -0.05) is 323 Å². The highest BCUT2D eigenvalue weighted by molar-refractivity contribution is 7.47. The van der Waals surface area contributed by atoms with E-state index in [9.17, 15) is 74.6 Å². The fourth-order valence-corrected chi connectivity index (χ4v) is 16.2. The Labute approximate surface area is 686 Å². The van der Waals surface area contributed by atoms with Crippen molar-refractivity contribution in [1.82, 2.24) is 0 Å². The van der Waals surface area contributed by atoms with Gasteiger partial charge in [0.25, 0.3) is 0 Å². The lowest BCUT2D eigenvalue weighted by Gasteiger charge is -2.50. The zero-order chi connectivity index (χ0) is 83.4. The summed E-state index contributed by atoms with van der Waals surface area (Å²) in [5, 5.41) is 102. The maximum atomic E-state index is 14.9. The van der Waals surface area contributed by atoms with Crippen LogP contribution >= 0.6 is 7.82 Å². The molecule has 19 unspecified atom stereocenters. The number of phosphoric acid groups is 1. The quantitative estimate of drug-likeness (QED) is 0.00889. The summed E-state index contributed by atoms with van der Waals surface area (Å²) in [6.45, 7) is 7.87. The van der Waals surface area contributed by atoms with Crippen molar-refractivity contribution in [3.8, 4) is 0 Å². The largest absolute Gasteiger partial charge is 0.472 e. The van der Waals surface area contributed by atoms with E-state index in [0.717, 1.165) is 122 Å². The molecule has 0 radical (unpaired) electrons. The van der Waals surface area contributed by atoms with Crippen molar-refractivity contribution >= 4 is 31.7 Å². The van der Waals surface area contributed by atoms with Crippen LogP contribution in [0, 0.1) is 5.92 Å². The van der Waals surface area contributed by atoms with Crippen LogP contribution < -0.4 is 0 Å². The number of ether oxygens (including phenoxy) is 8. The molecule has 1 aliphatic carbocycles. The van der Waals surface area contributed by atoms with Gasteiger partial charge in [0.2, 0.25) is 0 Å². The Morgan fingerprint density at radius 2 is 0.711 bits per heavy atom. The second kappa shape index (κ2) is 66.9. The number of unbranched alkanes of at least 4 members (excludes halogenated alkanes) is 43. The summed E-state index contributed by atoms with van der Waals surface area (Å²) >= 11 is 0. The predicted octanol–water partition coefficient (Wildman–Crippen LogP) is 16.2. The van der Waals surface area contributed by atoms with E-state index in [2.05, 4.69) is 46.8 Å². The Morgan fingerprint density at radius 1 is 0.368 bits per heavy atom. The molecular formula is C88H163O25P. The summed E-state index contributed by atoms with van der Waals surface area (Å²) in [6.07, 6.45) is 22.3. The van der Waals surface area contributed by atoms with E-state index in [1.807, 2.05) is 0 Å². The highest BCUT2D eigenvalue weighted by Gasteiger charge is 2.60. The number of allylic oxidation sites excluding steroid dienone is 2. The van der Waals surface area contributed by atoms with Gasteiger partial charge >= 0.3 is 31.7 Å². The summed E-state index contributed by atoms with van der Waals surface area (Å²) < 4.78 is 73.3. The van der Waals surface area contributed by atoms with Crippen molar-refractivity contribution in [3.63, 3.8) is 0 Å². The monoisotopic (exact) mass is 1650 g/mol. The molecule has 114 heavy (non-hydrogen) atoms. The van der Waals surface area contributed by atoms with E-state index in [0.29, 0.717) is 44.4 Å². The van der Waals surface area contributed by atoms with Gasteiger partial charge < -0.3 is 88.7 Å². The van der Waals surface area contributed by atoms with Gasteiger partial charge in [-0.2, -0.15) is 0 Å². The van der Waals surface area contributed by atoms with Crippen molar-refractivity contribution in [1.29, 1.82) is 0 Å². The van der Waals surface area contributed by atoms with Crippen molar-refractivity contribution in [2.75, 3.05) is 26.4 Å². The molecule has 670 valence electrons. The average molecular weight is 1650 g/mol. The molecule has 3 fully saturated rings. The molecule has 0 aromatic carbocycles. The van der Waals surface area contributed by atoms with E-state index >= 15 is 0 Å². The normalized spacial score (nSPS) is 25.7. The first-order valence-corrected chi connectivity index (χ1v) is 47.3. The third-order valence-electron chi connectivity index (χ3n) is 22.7. The fraction of sp³-hybridized carbons (Fsp3) is 0.932. The number of esters is 4. The molecule has 0 spiro atoms. The van der Waals surface area contributed by atoms with Gasteiger partial charge in [-0.15, -0.1) is 0 Å². The minimum absolute atomic E-state index is 0.00497. The van der Waals surface area contributed by atoms with E-state index in [1.54, 1.807) is 0 Å². The Bertz CT molecular complexity index is 2440. The van der Waals surface area contributed by atoms with Crippen LogP contribution in [0.2, 0.25) is 0 Å². The smallest absolute Gasteiger partial charge is 0.463 e. The molecule has 2 saturated heterocycles. The Morgan fingerprint density at radius 3 is 1.14 bits per heavy atom. The van der Waals surface area contributed by atoms with Gasteiger partial charge in [0.15, 0.2) is 24.8 Å². The van der Waals surface area contributed by atoms with Gasteiger partial charge in [-0.3, -0.25) is 28.2 Å². The lowest BCUT2D eigenvalue weighted by molar-refractivity contribution is -0.360. The summed E-state index contributed by atoms with van der Waals surface area (Å²) in [7, 11) is -5.80. The number of carbonyl (C=O) groups excluding carboxylic acids is 4. The van der Waals surface area contributed by atoms with Crippen LogP contribution in [-0.4, -0.2) is 205 Å². The Balaban J connectivity index is 1.94. The molecule has 1 saturated carbocycles. The number of rotatable bonds is 73. The molecule has 26 heteroatoms. The summed E-state index contributed by atoms with van der Waals surface area (Å²) in [5.74, 6) is -2.35. The van der Waals surface area contributed by atoms with Crippen molar-refractivity contribution in [2.24, 2.45) is 5.92 Å². The fourth-order valence-electron chi connectivity index (χ4n) is 15.3. The van der Waals surface area contributed by atoms with E-state index in [-0.39, 0.29) is 25.7 Å². The number of aliphatic hydroxyl groups is 9. The molecule has 3 aliphatic rings. The number of hydrogen-bond donors (Lipinski definition) is 10. The van der Waals surface area contributed by atoms with Gasteiger partial charge in [0.1, 0.15) is 92.6 Å². The van der Waals surface area contributed by atoms with Crippen molar-refractivity contribution in [2.45, 2.75) is 492 Å². The maximum Gasteiger partial charge on any atom is 0.472 e. The first-order valence-electron chi connectivity index (χ1n) is 45.8. The highest BCUT2D eigenvalue weighted by atomic mass is 31.2. The van der Waals surface area contributed by atoms with Crippen LogP contribution in [0.5, 0.6) is 0 Å². The van der Waals surface area contributed by atoms with Crippen molar-refractivity contribution < 1.29 is 122 Å². The van der Waals surface area contributed by atoms with Crippen LogP contribution in [0.4, 0.5) is 0 Å². The second-order valence-electron chi connectivity index (χ2n) is 33.1. The van der Waals surface area contributed by atoms with E-state index in [4.69, 9.17) is 46.9 Å². The molecule has 3 rings (SSSR count). The molecule has 0 bridgehead atoms. The molecule has 0 aromatic heterocycles. The average Bonchev–Trinajstić information content (AvgIpc) is 0.754. The van der Waals surface area contributed by atoms with Crippen LogP contribution in [-0.2, 0) is 70.7 Å². The van der Waals surface area contributed by atoms with Crippen LogP contribution in [0.1, 0.15) is 388 Å². The molecule has 0 amide bonds. The maximum absolute atomic E-state index is 14.9. The topological polar surface area (TPSA) is 380 Å². The Kier molecular flexibility index (Phi) is 61.8. The van der Waals surface area contributed by atoms with Crippen molar-refractivity contribution in [3.05, 3.63) is 12.2 Å².